The largest absolute Gasteiger partial charge is 0.367 e. The summed E-state index contributed by atoms with van der Waals surface area (Å²) >= 11 is 0. The zero-order chi connectivity index (χ0) is 18.6. The summed E-state index contributed by atoms with van der Waals surface area (Å²) in [5, 5.41) is 1.62. The van der Waals surface area contributed by atoms with Crippen LogP contribution in [0.15, 0.2) is 77.6 Å². The van der Waals surface area contributed by atoms with E-state index in [4.69, 9.17) is 0 Å². The van der Waals surface area contributed by atoms with Crippen LogP contribution in [0.2, 0.25) is 0 Å². The molecule has 0 radical (unpaired) electrons. The Morgan fingerprint density at radius 3 is 2.25 bits per heavy atom. The van der Waals surface area contributed by atoms with Gasteiger partial charge in [0.25, 0.3) is 11.5 Å². The monoisotopic (exact) mass is 361 g/mol. The van der Waals surface area contributed by atoms with Gasteiger partial charge in [0.2, 0.25) is 0 Å². The Bertz CT molecular complexity index is 1570. The predicted octanol–water partition coefficient (Wildman–Crippen LogP) is 1.72. The lowest BCUT2D eigenvalue weighted by Gasteiger charge is -2.23. The molecule has 5 nitrogen and oxygen atoms in total. The van der Waals surface area contributed by atoms with Crippen molar-refractivity contribution in [3.05, 3.63) is 88.7 Å². The third kappa shape index (κ3) is 1.38. The van der Waals surface area contributed by atoms with Gasteiger partial charge < -0.3 is 4.59 Å². The minimum absolute atomic E-state index is 0.0348. The van der Waals surface area contributed by atoms with Gasteiger partial charge in [0.05, 0.1) is 27.7 Å². The number of hydrogen-bond donors (Lipinski definition) is 0. The zero-order valence-corrected chi connectivity index (χ0v) is 14.7. The van der Waals surface area contributed by atoms with E-state index >= 15 is 0 Å². The molecule has 28 heavy (non-hydrogen) atoms. The van der Waals surface area contributed by atoms with Crippen LogP contribution in [-0.2, 0) is 0 Å². The SMILES string of the molecule is O=C1c2ccccc2B2c3c(c4ccccc4n31)-n1c(=O)c3ccccc3n12. The average molecular weight is 361 g/mol. The Hall–Kier alpha value is -3.80. The molecule has 2 aliphatic rings. The number of para-hydroxylation sites is 2. The fraction of sp³-hybridized carbons (Fsp3) is 0. The van der Waals surface area contributed by atoms with Crippen molar-refractivity contribution >= 4 is 45.6 Å². The molecule has 2 aromatic heterocycles. The van der Waals surface area contributed by atoms with E-state index in [2.05, 4.69) is 4.59 Å². The van der Waals surface area contributed by atoms with E-state index in [0.717, 1.165) is 33.2 Å². The fourth-order valence-corrected chi connectivity index (χ4v) is 5.02. The highest BCUT2D eigenvalue weighted by Crippen LogP contribution is 2.31. The maximum absolute atomic E-state index is 13.4. The van der Waals surface area contributed by atoms with Crippen LogP contribution in [-0.4, -0.2) is 26.6 Å². The molecule has 3 aromatic carbocycles. The van der Waals surface area contributed by atoms with Crippen LogP contribution in [0, 0.1) is 0 Å². The number of aromatic nitrogens is 3. The Morgan fingerprint density at radius 2 is 1.39 bits per heavy atom. The van der Waals surface area contributed by atoms with Gasteiger partial charge in [-0.2, -0.15) is 0 Å². The molecule has 5 aromatic rings. The zero-order valence-electron chi connectivity index (χ0n) is 14.7. The first kappa shape index (κ1) is 14.3. The number of nitrogens with zero attached hydrogens (tertiary/aromatic N) is 3. The van der Waals surface area contributed by atoms with Crippen LogP contribution in [0.25, 0.3) is 27.5 Å². The molecule has 0 N–H and O–H groups in total. The minimum Gasteiger partial charge on any atom is -0.309 e. The summed E-state index contributed by atoms with van der Waals surface area (Å²) < 4.78 is 5.61. The van der Waals surface area contributed by atoms with E-state index in [1.54, 1.807) is 9.25 Å². The molecular formula is C22H12BN3O2. The van der Waals surface area contributed by atoms with Gasteiger partial charge in [-0.1, -0.05) is 48.5 Å². The lowest BCUT2D eigenvalue weighted by molar-refractivity contribution is 0.0968. The fourth-order valence-electron chi connectivity index (χ4n) is 5.02. The smallest absolute Gasteiger partial charge is 0.309 e. The first-order chi connectivity index (χ1) is 13.8. The quantitative estimate of drug-likeness (QED) is 0.386. The van der Waals surface area contributed by atoms with Crippen molar-refractivity contribution in [2.24, 2.45) is 0 Å². The summed E-state index contributed by atoms with van der Waals surface area (Å²) in [5.74, 6) is -0.0348. The third-order valence-electron chi connectivity index (χ3n) is 6.08. The summed E-state index contributed by atoms with van der Waals surface area (Å²) in [6.07, 6.45) is 0. The van der Waals surface area contributed by atoms with E-state index in [1.807, 2.05) is 72.8 Å². The second-order valence-corrected chi connectivity index (χ2v) is 7.36. The first-order valence-corrected chi connectivity index (χ1v) is 9.27. The first-order valence-electron chi connectivity index (χ1n) is 9.27. The van der Waals surface area contributed by atoms with Crippen LogP contribution >= 0.6 is 0 Å². The van der Waals surface area contributed by atoms with Gasteiger partial charge in [-0.3, -0.25) is 14.2 Å². The van der Waals surface area contributed by atoms with E-state index in [-0.39, 0.29) is 18.3 Å². The van der Waals surface area contributed by atoms with Gasteiger partial charge in [0, 0.05) is 10.9 Å². The molecule has 0 bridgehead atoms. The van der Waals surface area contributed by atoms with Crippen LogP contribution in [0.1, 0.15) is 10.4 Å². The standard InChI is InChI=1S/C22H12BN3O2/c27-21-13-7-1-4-10-16(13)23-20-19(14-8-2-5-11-17(14)24(20)21)25-22(28)15-9-3-6-12-18(15)26(23)25/h1-12H. The Labute approximate surface area is 159 Å². The Kier molecular flexibility index (Phi) is 2.32. The molecule has 0 spiro atoms. The molecule has 2 aliphatic heterocycles. The molecule has 0 aliphatic carbocycles. The lowest BCUT2D eigenvalue weighted by Crippen LogP contribution is -2.56. The number of rotatable bonds is 0. The summed E-state index contributed by atoms with van der Waals surface area (Å²) in [6, 6.07) is 23.2. The number of carbonyl (C=O) groups excluding carboxylic acids is 1. The number of benzene rings is 3. The van der Waals surface area contributed by atoms with E-state index < -0.39 is 0 Å². The van der Waals surface area contributed by atoms with Crippen LogP contribution in [0.4, 0.5) is 0 Å². The van der Waals surface area contributed by atoms with Gasteiger partial charge in [-0.25, -0.2) is 4.68 Å². The maximum atomic E-state index is 13.4. The normalized spacial score (nSPS) is 13.9. The number of carbonyl (C=O) groups is 1. The van der Waals surface area contributed by atoms with Crippen molar-refractivity contribution in [1.82, 2.24) is 13.8 Å². The molecule has 6 heteroatoms. The van der Waals surface area contributed by atoms with E-state index in [9.17, 15) is 9.59 Å². The lowest BCUT2D eigenvalue weighted by atomic mass is 9.51. The van der Waals surface area contributed by atoms with Gasteiger partial charge in [-0.05, 0) is 29.7 Å². The van der Waals surface area contributed by atoms with Crippen LogP contribution < -0.4 is 16.6 Å². The van der Waals surface area contributed by atoms with E-state index in [1.165, 1.54) is 0 Å². The Morgan fingerprint density at radius 1 is 0.714 bits per heavy atom. The van der Waals surface area contributed by atoms with Crippen molar-refractivity contribution in [2.75, 3.05) is 0 Å². The van der Waals surface area contributed by atoms with Crippen LogP contribution in [0.5, 0.6) is 0 Å². The molecule has 0 atom stereocenters. The van der Waals surface area contributed by atoms with E-state index in [0.29, 0.717) is 10.9 Å². The molecule has 0 saturated carbocycles. The summed E-state index contributed by atoms with van der Waals surface area (Å²) in [5.41, 5.74) is 5.02. The Balaban J connectivity index is 1.79. The molecule has 0 unspecified atom stereocenters. The average Bonchev–Trinajstić information content (AvgIpc) is 3.35. The highest BCUT2D eigenvalue weighted by Gasteiger charge is 2.47. The number of hydrogen-bond acceptors (Lipinski definition) is 2. The van der Waals surface area contributed by atoms with Gasteiger partial charge in [-0.15, -0.1) is 0 Å². The predicted molar refractivity (Wildman–Crippen MR) is 110 cm³/mol. The molecule has 130 valence electrons. The summed E-state index contributed by atoms with van der Waals surface area (Å²) in [4.78, 5) is 26.8. The van der Waals surface area contributed by atoms with Gasteiger partial charge in [0.1, 0.15) is 0 Å². The summed E-state index contributed by atoms with van der Waals surface area (Å²) in [6.45, 7) is -0.205. The highest BCUT2D eigenvalue weighted by atomic mass is 16.2. The highest BCUT2D eigenvalue weighted by molar-refractivity contribution is 6.88. The summed E-state index contributed by atoms with van der Waals surface area (Å²) in [7, 11) is 0. The number of fused-ring (bicyclic) bond motifs is 10. The molecular weight excluding hydrogens is 349 g/mol. The maximum Gasteiger partial charge on any atom is 0.367 e. The van der Waals surface area contributed by atoms with Crippen LogP contribution in [0.3, 0.4) is 0 Å². The van der Waals surface area contributed by atoms with Crippen molar-refractivity contribution in [3.8, 4) is 5.69 Å². The molecule has 0 fully saturated rings. The van der Waals surface area contributed by atoms with Gasteiger partial charge >= 0.3 is 6.85 Å². The van der Waals surface area contributed by atoms with Crippen molar-refractivity contribution < 1.29 is 4.79 Å². The molecule has 0 amide bonds. The van der Waals surface area contributed by atoms with Crippen molar-refractivity contribution in [2.45, 2.75) is 0 Å². The third-order valence-corrected chi connectivity index (χ3v) is 6.08. The topological polar surface area (TPSA) is 48.9 Å². The van der Waals surface area contributed by atoms with Crippen molar-refractivity contribution in [3.63, 3.8) is 0 Å². The molecule has 0 saturated heterocycles. The minimum atomic E-state index is -0.205. The van der Waals surface area contributed by atoms with Gasteiger partial charge in [0.15, 0.2) is 0 Å². The molecule has 7 rings (SSSR count). The molecule has 4 heterocycles. The second kappa shape index (κ2) is 4.54. The van der Waals surface area contributed by atoms with Crippen molar-refractivity contribution in [1.29, 1.82) is 0 Å². The second-order valence-electron chi connectivity index (χ2n) is 7.36.